The predicted octanol–water partition coefficient (Wildman–Crippen LogP) is 2.86. The summed E-state index contributed by atoms with van der Waals surface area (Å²) in [7, 11) is 1.52. The Morgan fingerprint density at radius 2 is 1.85 bits per heavy atom. The van der Waals surface area contributed by atoms with Gasteiger partial charge in [-0.1, -0.05) is 18.2 Å². The number of ether oxygens (including phenoxy) is 1. The summed E-state index contributed by atoms with van der Waals surface area (Å²) in [6.07, 6.45) is 0. The topological polar surface area (TPSA) is 89.8 Å². The first kappa shape index (κ1) is 19.0. The van der Waals surface area contributed by atoms with E-state index in [0.29, 0.717) is 5.56 Å². The Labute approximate surface area is 149 Å². The van der Waals surface area contributed by atoms with Crippen LogP contribution in [0.25, 0.3) is 0 Å². The number of aryl methyl sites for hydroxylation is 1. The molecule has 0 aliphatic heterocycles. The van der Waals surface area contributed by atoms with Crippen molar-refractivity contribution in [2.75, 3.05) is 13.7 Å². The summed E-state index contributed by atoms with van der Waals surface area (Å²) in [5.74, 6) is -1.65. The van der Waals surface area contributed by atoms with Crippen molar-refractivity contribution in [1.82, 2.24) is 4.90 Å². The second kappa shape index (κ2) is 8.19. The first-order valence-electron chi connectivity index (χ1n) is 7.68. The highest BCUT2D eigenvalue weighted by molar-refractivity contribution is 5.92. The molecule has 1 amide bonds. The molecule has 0 aliphatic rings. The average molecular weight is 360 g/mol. The Morgan fingerprint density at radius 1 is 1.19 bits per heavy atom. The molecule has 2 aromatic rings. The first-order valence-corrected chi connectivity index (χ1v) is 7.68. The second-order valence-electron chi connectivity index (χ2n) is 5.71. The maximum Gasteiger partial charge on any atom is 0.338 e. The van der Waals surface area contributed by atoms with E-state index in [4.69, 9.17) is 4.74 Å². The lowest BCUT2D eigenvalue weighted by Gasteiger charge is -2.17. The average Bonchev–Trinajstić information content (AvgIpc) is 2.61. The minimum Gasteiger partial charge on any atom is -0.452 e. The van der Waals surface area contributed by atoms with E-state index in [1.54, 1.807) is 19.1 Å². The summed E-state index contributed by atoms with van der Waals surface area (Å²) in [5.41, 5.74) is 0.944. The molecule has 0 heterocycles. The van der Waals surface area contributed by atoms with Crippen LogP contribution in [0.3, 0.4) is 0 Å². The maximum atomic E-state index is 12.9. The van der Waals surface area contributed by atoms with Crippen molar-refractivity contribution in [3.63, 3.8) is 0 Å². The number of hydrogen-bond donors (Lipinski definition) is 0. The third-order valence-electron chi connectivity index (χ3n) is 3.73. The Balaban J connectivity index is 1.93. The number of nitro groups is 1. The normalized spacial score (nSPS) is 10.3. The fraction of sp³-hybridized carbons (Fsp3) is 0.222. The van der Waals surface area contributed by atoms with Crippen LogP contribution in [0.1, 0.15) is 21.5 Å². The lowest BCUT2D eigenvalue weighted by atomic mass is 10.1. The number of carbonyl (C=O) groups excluding carboxylic acids is 2. The maximum absolute atomic E-state index is 12.9. The van der Waals surface area contributed by atoms with Crippen LogP contribution in [0.5, 0.6) is 0 Å². The number of halogens is 1. The van der Waals surface area contributed by atoms with Crippen LogP contribution in [0, 0.1) is 22.9 Å². The van der Waals surface area contributed by atoms with Crippen molar-refractivity contribution in [3.05, 3.63) is 75.1 Å². The van der Waals surface area contributed by atoms with Gasteiger partial charge in [0.2, 0.25) is 0 Å². The molecule has 0 aromatic heterocycles. The van der Waals surface area contributed by atoms with Crippen LogP contribution in [0.2, 0.25) is 0 Å². The molecule has 0 unspecified atom stereocenters. The molecular weight excluding hydrogens is 343 g/mol. The highest BCUT2D eigenvalue weighted by atomic mass is 19.1. The molecular formula is C18H17FN2O5. The molecule has 2 rings (SSSR count). The van der Waals surface area contributed by atoms with Gasteiger partial charge in [-0.05, 0) is 30.7 Å². The third kappa shape index (κ3) is 4.85. The number of carbonyl (C=O) groups is 2. The highest BCUT2D eigenvalue weighted by Gasteiger charge is 2.18. The molecule has 0 fully saturated rings. The van der Waals surface area contributed by atoms with E-state index in [-0.39, 0.29) is 23.6 Å². The predicted molar refractivity (Wildman–Crippen MR) is 91.0 cm³/mol. The van der Waals surface area contributed by atoms with Crippen LogP contribution in [-0.4, -0.2) is 35.4 Å². The first-order chi connectivity index (χ1) is 12.3. The van der Waals surface area contributed by atoms with E-state index in [0.717, 1.165) is 11.6 Å². The summed E-state index contributed by atoms with van der Waals surface area (Å²) in [5, 5.41) is 10.9. The van der Waals surface area contributed by atoms with Gasteiger partial charge in [-0.2, -0.15) is 0 Å². The summed E-state index contributed by atoms with van der Waals surface area (Å²) < 4.78 is 17.8. The smallest absolute Gasteiger partial charge is 0.338 e. The van der Waals surface area contributed by atoms with Crippen LogP contribution in [-0.2, 0) is 16.1 Å². The van der Waals surface area contributed by atoms with Gasteiger partial charge in [-0.25, -0.2) is 9.18 Å². The molecule has 0 spiro atoms. The van der Waals surface area contributed by atoms with Crippen LogP contribution in [0.4, 0.5) is 10.1 Å². The molecule has 136 valence electrons. The zero-order valence-electron chi connectivity index (χ0n) is 14.3. The van der Waals surface area contributed by atoms with Gasteiger partial charge < -0.3 is 9.64 Å². The summed E-state index contributed by atoms with van der Waals surface area (Å²) in [6.45, 7) is 1.28. The molecule has 8 heteroatoms. The lowest BCUT2D eigenvalue weighted by molar-refractivity contribution is -0.385. The molecule has 0 saturated heterocycles. The summed E-state index contributed by atoms with van der Waals surface area (Å²) in [6, 6.07) is 9.64. The molecule has 0 N–H and O–H groups in total. The van der Waals surface area contributed by atoms with E-state index in [2.05, 4.69) is 0 Å². The fourth-order valence-corrected chi connectivity index (χ4v) is 2.21. The van der Waals surface area contributed by atoms with Crippen LogP contribution in [0.15, 0.2) is 42.5 Å². The lowest BCUT2D eigenvalue weighted by Crippen LogP contribution is -2.30. The number of esters is 1. The minimum atomic E-state index is -0.823. The van der Waals surface area contributed by atoms with Crippen molar-refractivity contribution in [1.29, 1.82) is 0 Å². The van der Waals surface area contributed by atoms with Crippen LogP contribution < -0.4 is 0 Å². The highest BCUT2D eigenvalue weighted by Crippen LogP contribution is 2.19. The number of nitro benzene ring substituents is 1. The van der Waals surface area contributed by atoms with Gasteiger partial charge in [0.25, 0.3) is 11.6 Å². The number of likely N-dealkylation sites (N-methyl/N-ethyl adjacent to an activating group) is 1. The molecule has 0 radical (unpaired) electrons. The van der Waals surface area contributed by atoms with Crippen molar-refractivity contribution < 1.29 is 23.6 Å². The number of hydrogen-bond acceptors (Lipinski definition) is 5. The molecule has 26 heavy (non-hydrogen) atoms. The molecule has 0 atom stereocenters. The van der Waals surface area contributed by atoms with Gasteiger partial charge in [0.1, 0.15) is 5.82 Å². The van der Waals surface area contributed by atoms with E-state index < -0.39 is 23.4 Å². The Hall–Kier alpha value is -3.29. The van der Waals surface area contributed by atoms with Crippen molar-refractivity contribution in [2.45, 2.75) is 13.5 Å². The monoisotopic (exact) mass is 360 g/mol. The molecule has 0 bridgehead atoms. The van der Waals surface area contributed by atoms with Gasteiger partial charge in [0.15, 0.2) is 6.61 Å². The zero-order valence-corrected chi connectivity index (χ0v) is 14.3. The molecule has 7 nitrogen and oxygen atoms in total. The number of benzene rings is 2. The van der Waals surface area contributed by atoms with Gasteiger partial charge in [-0.3, -0.25) is 14.9 Å². The van der Waals surface area contributed by atoms with E-state index in [9.17, 15) is 24.1 Å². The Kier molecular flexibility index (Phi) is 6.00. The quantitative estimate of drug-likeness (QED) is 0.449. The van der Waals surface area contributed by atoms with E-state index in [1.807, 2.05) is 0 Å². The second-order valence-corrected chi connectivity index (χ2v) is 5.71. The Morgan fingerprint density at radius 3 is 2.46 bits per heavy atom. The standard InChI is InChI=1S/C18H17FN2O5/c1-12-3-6-14(9-16(12)21(24)25)18(23)26-11-17(22)20(2)10-13-4-7-15(19)8-5-13/h3-9H,10-11H2,1-2H3. The number of nitrogens with zero attached hydrogens (tertiary/aromatic N) is 2. The van der Waals surface area contributed by atoms with Crippen molar-refractivity contribution in [2.24, 2.45) is 0 Å². The SMILES string of the molecule is Cc1ccc(C(=O)OCC(=O)N(C)Cc2ccc(F)cc2)cc1[N+](=O)[O-]. The van der Waals surface area contributed by atoms with Crippen molar-refractivity contribution in [3.8, 4) is 0 Å². The number of rotatable bonds is 6. The van der Waals surface area contributed by atoms with E-state index >= 15 is 0 Å². The molecule has 0 saturated carbocycles. The summed E-state index contributed by atoms with van der Waals surface area (Å²) >= 11 is 0. The van der Waals surface area contributed by atoms with E-state index in [1.165, 1.54) is 36.2 Å². The van der Waals surface area contributed by atoms with Gasteiger partial charge in [-0.15, -0.1) is 0 Å². The zero-order chi connectivity index (χ0) is 19.3. The van der Waals surface area contributed by atoms with Crippen molar-refractivity contribution >= 4 is 17.6 Å². The number of amides is 1. The largest absolute Gasteiger partial charge is 0.452 e. The van der Waals surface area contributed by atoms with Gasteiger partial charge >= 0.3 is 5.97 Å². The molecule has 2 aromatic carbocycles. The molecule has 0 aliphatic carbocycles. The Bertz CT molecular complexity index is 836. The van der Waals surface area contributed by atoms with Gasteiger partial charge in [0.05, 0.1) is 10.5 Å². The fourth-order valence-electron chi connectivity index (χ4n) is 2.21. The van der Waals surface area contributed by atoms with Crippen LogP contribution >= 0.6 is 0 Å². The summed E-state index contributed by atoms with van der Waals surface area (Å²) in [4.78, 5) is 35.7. The third-order valence-corrected chi connectivity index (χ3v) is 3.73. The van der Waals surface area contributed by atoms with Gasteiger partial charge in [0, 0.05) is 25.2 Å². The minimum absolute atomic E-state index is 0.00344.